The summed E-state index contributed by atoms with van der Waals surface area (Å²) in [6, 6.07) is 2.25. The highest BCUT2D eigenvalue weighted by Crippen LogP contribution is 2.17. The molecule has 0 unspecified atom stereocenters. The Bertz CT molecular complexity index is 324. The molecule has 0 amide bonds. The number of hydrogen-bond donors (Lipinski definition) is 0. The van der Waals surface area contributed by atoms with Crippen molar-refractivity contribution in [1.29, 1.82) is 0 Å². The second kappa shape index (κ2) is 3.90. The lowest BCUT2D eigenvalue weighted by Crippen LogP contribution is -2.34. The fraction of sp³-hybridized carbons (Fsp3) is 0.250. The van der Waals surface area contributed by atoms with Crippen LogP contribution in [0.3, 0.4) is 0 Å². The second-order valence-corrected chi connectivity index (χ2v) is 2.70. The highest BCUT2D eigenvalue weighted by atomic mass is 19.4. The quantitative estimate of drug-likeness (QED) is 0.545. The molecule has 0 heterocycles. The van der Waals surface area contributed by atoms with E-state index >= 15 is 0 Å². The van der Waals surface area contributed by atoms with Gasteiger partial charge in [-0.25, -0.2) is 4.39 Å². The van der Waals surface area contributed by atoms with Crippen LogP contribution in [0.15, 0.2) is 18.2 Å². The molecule has 1 rings (SSSR count). The second-order valence-electron chi connectivity index (χ2n) is 2.70. The molecule has 1 aromatic rings. The summed E-state index contributed by atoms with van der Waals surface area (Å²) in [6.45, 7) is -3.30. The summed E-state index contributed by atoms with van der Waals surface area (Å²) in [5.41, 5.74) is -0.953. The fourth-order valence-corrected chi connectivity index (χ4v) is 0.993. The Morgan fingerprint density at radius 1 is 1.29 bits per heavy atom. The fourth-order valence-electron chi connectivity index (χ4n) is 0.993. The molecule has 0 saturated heterocycles. The third-order valence-corrected chi connectivity index (χ3v) is 1.63. The van der Waals surface area contributed by atoms with Crippen LogP contribution in [0.2, 0.25) is 0 Å². The summed E-state index contributed by atoms with van der Waals surface area (Å²) in [5, 5.41) is 0. The standard InChI is InChI=1S/C8H8BF4O/c1-2-14-8-4-3-6(5-7(8)10)9(11,12)13/h3-5H,2H2,1H3/q-1. The van der Waals surface area contributed by atoms with Crippen LogP contribution in [0, 0.1) is 5.82 Å². The Morgan fingerprint density at radius 3 is 2.36 bits per heavy atom. The van der Waals surface area contributed by atoms with Gasteiger partial charge in [-0.2, -0.15) is 0 Å². The van der Waals surface area contributed by atoms with Crippen LogP contribution in [-0.2, 0) is 0 Å². The third-order valence-electron chi connectivity index (χ3n) is 1.63. The van der Waals surface area contributed by atoms with Gasteiger partial charge >= 0.3 is 6.98 Å². The average Bonchev–Trinajstić information content (AvgIpc) is 2.07. The van der Waals surface area contributed by atoms with Crippen molar-refractivity contribution < 1.29 is 22.1 Å². The maximum Gasteiger partial charge on any atom is 0.509 e. The molecule has 0 saturated carbocycles. The summed E-state index contributed by atoms with van der Waals surface area (Å²) in [7, 11) is 0. The smallest absolute Gasteiger partial charge is 0.491 e. The zero-order valence-corrected chi connectivity index (χ0v) is 7.44. The molecular formula is C8H8BF4O-. The minimum Gasteiger partial charge on any atom is -0.491 e. The van der Waals surface area contributed by atoms with E-state index in [1.807, 2.05) is 0 Å². The van der Waals surface area contributed by atoms with Gasteiger partial charge in [-0.3, -0.25) is 0 Å². The first-order chi connectivity index (χ1) is 6.45. The van der Waals surface area contributed by atoms with Crippen molar-refractivity contribution in [2.75, 3.05) is 6.61 Å². The average molecular weight is 207 g/mol. The van der Waals surface area contributed by atoms with Crippen LogP contribution in [0.1, 0.15) is 6.92 Å². The Hall–Kier alpha value is -1.20. The van der Waals surface area contributed by atoms with Crippen molar-refractivity contribution in [2.24, 2.45) is 0 Å². The SMILES string of the molecule is CCOc1ccc([B-](F)(F)F)cc1F. The van der Waals surface area contributed by atoms with Gasteiger partial charge in [0.05, 0.1) is 6.61 Å². The minimum absolute atomic E-state index is 0.156. The van der Waals surface area contributed by atoms with Crippen molar-refractivity contribution in [3.05, 3.63) is 24.0 Å². The van der Waals surface area contributed by atoms with E-state index < -0.39 is 18.3 Å². The van der Waals surface area contributed by atoms with E-state index in [2.05, 4.69) is 0 Å². The van der Waals surface area contributed by atoms with E-state index in [1.165, 1.54) is 0 Å². The van der Waals surface area contributed by atoms with Crippen LogP contribution in [0.25, 0.3) is 0 Å². The highest BCUT2D eigenvalue weighted by Gasteiger charge is 2.26. The highest BCUT2D eigenvalue weighted by molar-refractivity contribution is 6.73. The Balaban J connectivity index is 3.01. The molecule has 0 atom stereocenters. The monoisotopic (exact) mass is 207 g/mol. The molecule has 0 fully saturated rings. The molecule has 0 N–H and O–H groups in total. The van der Waals surface area contributed by atoms with Crippen molar-refractivity contribution in [2.45, 2.75) is 6.92 Å². The van der Waals surface area contributed by atoms with Gasteiger partial charge in [0.2, 0.25) is 0 Å². The molecule has 0 bridgehead atoms. The van der Waals surface area contributed by atoms with Gasteiger partial charge in [0.15, 0.2) is 11.6 Å². The molecule has 0 aliphatic heterocycles. The molecule has 0 aliphatic rings. The van der Waals surface area contributed by atoms with E-state index in [9.17, 15) is 17.3 Å². The summed E-state index contributed by atoms with van der Waals surface area (Å²) in [5.74, 6) is -1.14. The molecule has 1 aromatic carbocycles. The molecule has 14 heavy (non-hydrogen) atoms. The predicted octanol–water partition coefficient (Wildman–Crippen LogP) is 2.28. The first-order valence-electron chi connectivity index (χ1n) is 4.07. The minimum atomic E-state index is -5.14. The van der Waals surface area contributed by atoms with Crippen molar-refractivity contribution >= 4 is 12.4 Å². The topological polar surface area (TPSA) is 9.23 Å². The van der Waals surface area contributed by atoms with Crippen LogP contribution < -0.4 is 10.2 Å². The first kappa shape index (κ1) is 10.9. The predicted molar refractivity (Wildman–Crippen MR) is 46.3 cm³/mol. The number of ether oxygens (including phenoxy) is 1. The Labute approximate surface area is 78.7 Å². The van der Waals surface area contributed by atoms with E-state index in [4.69, 9.17) is 4.74 Å². The first-order valence-corrected chi connectivity index (χ1v) is 4.07. The van der Waals surface area contributed by atoms with Crippen LogP contribution in [0.4, 0.5) is 17.3 Å². The van der Waals surface area contributed by atoms with Gasteiger partial charge in [0.1, 0.15) is 0 Å². The van der Waals surface area contributed by atoms with E-state index in [0.717, 1.165) is 12.1 Å². The van der Waals surface area contributed by atoms with Gasteiger partial charge in [-0.1, -0.05) is 6.07 Å². The van der Waals surface area contributed by atoms with Gasteiger partial charge in [0, 0.05) is 0 Å². The van der Waals surface area contributed by atoms with Crippen LogP contribution in [0.5, 0.6) is 5.75 Å². The summed E-state index contributed by atoms with van der Waals surface area (Å²) >= 11 is 0. The lowest BCUT2D eigenvalue weighted by Gasteiger charge is -2.15. The summed E-state index contributed by atoms with van der Waals surface area (Å²) in [6.07, 6.45) is 0. The van der Waals surface area contributed by atoms with E-state index in [1.54, 1.807) is 6.92 Å². The molecule has 78 valence electrons. The van der Waals surface area contributed by atoms with Gasteiger partial charge < -0.3 is 17.7 Å². The molecule has 0 radical (unpaired) electrons. The van der Waals surface area contributed by atoms with Crippen molar-refractivity contribution in [1.82, 2.24) is 0 Å². The maximum absolute atomic E-state index is 13.0. The molecule has 0 spiro atoms. The molecular weight excluding hydrogens is 199 g/mol. The number of benzene rings is 1. The lowest BCUT2D eigenvalue weighted by atomic mass is 9.80. The van der Waals surface area contributed by atoms with Gasteiger partial charge in [-0.15, -0.1) is 5.46 Å². The molecule has 1 nitrogen and oxygen atoms in total. The van der Waals surface area contributed by atoms with Crippen molar-refractivity contribution in [3.63, 3.8) is 0 Å². The Morgan fingerprint density at radius 2 is 1.93 bits per heavy atom. The maximum atomic E-state index is 13.0. The third kappa shape index (κ3) is 2.40. The van der Waals surface area contributed by atoms with Crippen molar-refractivity contribution in [3.8, 4) is 5.75 Å². The van der Waals surface area contributed by atoms with E-state index in [-0.39, 0.29) is 12.4 Å². The van der Waals surface area contributed by atoms with Gasteiger partial charge in [-0.05, 0) is 19.1 Å². The van der Waals surface area contributed by atoms with Gasteiger partial charge in [0.25, 0.3) is 0 Å². The molecule has 0 aliphatic carbocycles. The zero-order valence-electron chi connectivity index (χ0n) is 7.44. The number of rotatable bonds is 3. The summed E-state index contributed by atoms with van der Waals surface area (Å²) < 4.78 is 54.1. The number of hydrogen-bond acceptors (Lipinski definition) is 1. The van der Waals surface area contributed by atoms with E-state index in [0.29, 0.717) is 6.07 Å². The largest absolute Gasteiger partial charge is 0.509 e. The lowest BCUT2D eigenvalue weighted by molar-refractivity contribution is 0.321. The van der Waals surface area contributed by atoms with Crippen LogP contribution in [-0.4, -0.2) is 13.6 Å². The number of halogens is 4. The molecule has 0 aromatic heterocycles. The van der Waals surface area contributed by atoms with Crippen LogP contribution >= 0.6 is 0 Å². The Kier molecular flexibility index (Phi) is 3.03. The zero-order chi connectivity index (χ0) is 10.8. The summed E-state index contributed by atoms with van der Waals surface area (Å²) in [4.78, 5) is 0. The molecule has 6 heteroatoms. The normalized spacial score (nSPS) is 11.5.